The summed E-state index contributed by atoms with van der Waals surface area (Å²) in [5.41, 5.74) is 0. The Bertz CT molecular complexity index is 164. The highest BCUT2D eigenvalue weighted by Gasteiger charge is 2.39. The van der Waals surface area contributed by atoms with Crippen molar-refractivity contribution in [3.8, 4) is 0 Å². The number of aliphatic hydroxyl groups excluding tert-OH is 1. The first-order valence-corrected chi connectivity index (χ1v) is 4.97. The monoisotopic (exact) mass is 211 g/mol. The number of β-amino-alcohol motifs (C(OH)–C–C–N with tert-alkyl or cyclic N) is 1. The van der Waals surface area contributed by atoms with Crippen LogP contribution in [0.4, 0.5) is 13.2 Å². The van der Waals surface area contributed by atoms with Gasteiger partial charge in [-0.25, -0.2) is 0 Å². The third-order valence-electron chi connectivity index (χ3n) is 2.51. The van der Waals surface area contributed by atoms with Crippen LogP contribution >= 0.6 is 0 Å². The Morgan fingerprint density at radius 3 is 2.00 bits per heavy atom. The molecule has 0 aromatic heterocycles. The molecule has 0 amide bonds. The van der Waals surface area contributed by atoms with E-state index >= 15 is 0 Å². The fourth-order valence-corrected chi connectivity index (χ4v) is 1.67. The Hall–Kier alpha value is -0.290. The van der Waals surface area contributed by atoms with Crippen LogP contribution in [0.2, 0.25) is 0 Å². The molecular weight excluding hydrogens is 195 g/mol. The van der Waals surface area contributed by atoms with Crippen LogP contribution in [0.15, 0.2) is 0 Å². The van der Waals surface area contributed by atoms with Gasteiger partial charge in [0.1, 0.15) is 0 Å². The molecule has 1 fully saturated rings. The van der Waals surface area contributed by atoms with Crippen LogP contribution in [-0.2, 0) is 0 Å². The third kappa shape index (κ3) is 3.84. The van der Waals surface area contributed by atoms with Crippen molar-refractivity contribution in [3.05, 3.63) is 0 Å². The van der Waals surface area contributed by atoms with Gasteiger partial charge in [0.05, 0.1) is 0 Å². The van der Waals surface area contributed by atoms with Crippen LogP contribution < -0.4 is 0 Å². The summed E-state index contributed by atoms with van der Waals surface area (Å²) in [6.45, 7) is 1.07. The summed E-state index contributed by atoms with van der Waals surface area (Å²) in [6, 6.07) is 0. The number of rotatable bonds is 2. The lowest BCUT2D eigenvalue weighted by Crippen LogP contribution is -2.41. The first kappa shape index (κ1) is 11.8. The minimum absolute atomic E-state index is 0.274. The van der Waals surface area contributed by atoms with Gasteiger partial charge in [0.2, 0.25) is 0 Å². The Morgan fingerprint density at radius 2 is 1.57 bits per heavy atom. The SMILES string of the molecule is OC(CN1CCCCCC1)C(F)(F)F. The van der Waals surface area contributed by atoms with Crippen LogP contribution in [0.3, 0.4) is 0 Å². The van der Waals surface area contributed by atoms with Crippen LogP contribution in [-0.4, -0.2) is 41.9 Å². The number of aliphatic hydroxyl groups is 1. The van der Waals surface area contributed by atoms with E-state index in [1.165, 1.54) is 0 Å². The highest BCUT2D eigenvalue weighted by molar-refractivity contribution is 4.72. The van der Waals surface area contributed by atoms with Crippen molar-refractivity contribution in [2.24, 2.45) is 0 Å². The Kier molecular flexibility index (Phi) is 4.19. The summed E-state index contributed by atoms with van der Waals surface area (Å²) in [4.78, 5) is 1.70. The molecule has 2 nitrogen and oxygen atoms in total. The smallest absolute Gasteiger partial charge is 0.382 e. The van der Waals surface area contributed by atoms with Gasteiger partial charge in [0, 0.05) is 6.54 Å². The van der Waals surface area contributed by atoms with Crippen molar-refractivity contribution < 1.29 is 18.3 Å². The molecule has 1 saturated heterocycles. The predicted octanol–water partition coefficient (Wildman–Crippen LogP) is 1.79. The van der Waals surface area contributed by atoms with Gasteiger partial charge < -0.3 is 10.0 Å². The van der Waals surface area contributed by atoms with E-state index < -0.39 is 12.3 Å². The van der Waals surface area contributed by atoms with Crippen LogP contribution in [0.25, 0.3) is 0 Å². The van der Waals surface area contributed by atoms with Gasteiger partial charge in [-0.1, -0.05) is 12.8 Å². The molecule has 0 aromatic rings. The summed E-state index contributed by atoms with van der Waals surface area (Å²) in [6.07, 6.45) is -2.64. The van der Waals surface area contributed by atoms with E-state index in [1.54, 1.807) is 4.90 Å². The maximum atomic E-state index is 12.0. The topological polar surface area (TPSA) is 23.5 Å². The van der Waals surface area contributed by atoms with Crippen LogP contribution in [0.5, 0.6) is 0 Å². The second-order valence-corrected chi connectivity index (χ2v) is 3.77. The second kappa shape index (κ2) is 4.98. The molecule has 0 spiro atoms. The average molecular weight is 211 g/mol. The summed E-state index contributed by atoms with van der Waals surface area (Å²) in [5.74, 6) is 0. The Labute approximate surface area is 81.7 Å². The zero-order valence-electron chi connectivity index (χ0n) is 8.06. The maximum Gasteiger partial charge on any atom is 0.415 e. The molecule has 1 rings (SSSR count). The average Bonchev–Trinajstić information content (AvgIpc) is 2.31. The minimum Gasteiger partial charge on any atom is -0.382 e. The van der Waals surface area contributed by atoms with E-state index in [0.29, 0.717) is 13.1 Å². The fraction of sp³-hybridized carbons (Fsp3) is 1.00. The zero-order chi connectivity index (χ0) is 10.6. The quantitative estimate of drug-likeness (QED) is 0.752. The van der Waals surface area contributed by atoms with E-state index in [-0.39, 0.29) is 6.54 Å². The van der Waals surface area contributed by atoms with E-state index in [9.17, 15) is 13.2 Å². The maximum absolute atomic E-state index is 12.0. The molecule has 0 saturated carbocycles. The summed E-state index contributed by atoms with van der Waals surface area (Å²) in [7, 11) is 0. The van der Waals surface area contributed by atoms with Gasteiger partial charge in [0.15, 0.2) is 6.10 Å². The lowest BCUT2D eigenvalue weighted by molar-refractivity contribution is -0.208. The zero-order valence-corrected chi connectivity index (χ0v) is 8.06. The normalized spacial score (nSPS) is 23.1. The molecule has 1 heterocycles. The second-order valence-electron chi connectivity index (χ2n) is 3.77. The Balaban J connectivity index is 2.34. The molecule has 1 aliphatic rings. The van der Waals surface area contributed by atoms with Gasteiger partial charge in [0.25, 0.3) is 0 Å². The number of halogens is 3. The Morgan fingerprint density at radius 1 is 1.07 bits per heavy atom. The molecular formula is C9H16F3NO. The first-order valence-electron chi connectivity index (χ1n) is 4.97. The number of hydrogen-bond acceptors (Lipinski definition) is 2. The number of hydrogen-bond donors (Lipinski definition) is 1. The third-order valence-corrected chi connectivity index (χ3v) is 2.51. The highest BCUT2D eigenvalue weighted by atomic mass is 19.4. The summed E-state index contributed by atoms with van der Waals surface area (Å²) >= 11 is 0. The first-order chi connectivity index (χ1) is 6.50. The van der Waals surface area contributed by atoms with Crippen LogP contribution in [0.1, 0.15) is 25.7 Å². The highest BCUT2D eigenvalue weighted by Crippen LogP contribution is 2.21. The molecule has 0 radical (unpaired) electrons. The molecule has 1 aliphatic heterocycles. The van der Waals surface area contributed by atoms with Crippen molar-refractivity contribution in [2.75, 3.05) is 19.6 Å². The number of alkyl halides is 3. The molecule has 84 valence electrons. The standard InChI is InChI=1S/C9H16F3NO/c10-9(11,12)8(14)7-13-5-3-1-2-4-6-13/h8,14H,1-7H2. The van der Waals surface area contributed by atoms with Gasteiger partial charge in [-0.15, -0.1) is 0 Å². The summed E-state index contributed by atoms with van der Waals surface area (Å²) in [5, 5.41) is 8.86. The van der Waals surface area contributed by atoms with Gasteiger partial charge in [-0.2, -0.15) is 13.2 Å². The predicted molar refractivity (Wildman–Crippen MR) is 47.0 cm³/mol. The number of nitrogens with zero attached hydrogens (tertiary/aromatic N) is 1. The van der Waals surface area contributed by atoms with E-state index in [0.717, 1.165) is 25.7 Å². The van der Waals surface area contributed by atoms with Crippen molar-refractivity contribution in [2.45, 2.75) is 38.0 Å². The van der Waals surface area contributed by atoms with Gasteiger partial charge in [-0.05, 0) is 25.9 Å². The minimum atomic E-state index is -4.48. The van der Waals surface area contributed by atoms with E-state index in [2.05, 4.69) is 0 Å². The lowest BCUT2D eigenvalue weighted by atomic mass is 10.2. The summed E-state index contributed by atoms with van der Waals surface area (Å²) < 4.78 is 36.1. The molecule has 1 unspecified atom stereocenters. The number of likely N-dealkylation sites (tertiary alicyclic amines) is 1. The molecule has 0 aromatic carbocycles. The lowest BCUT2D eigenvalue weighted by Gasteiger charge is -2.24. The molecule has 0 bridgehead atoms. The molecule has 14 heavy (non-hydrogen) atoms. The van der Waals surface area contributed by atoms with Crippen molar-refractivity contribution in [1.82, 2.24) is 4.90 Å². The van der Waals surface area contributed by atoms with Crippen molar-refractivity contribution >= 4 is 0 Å². The molecule has 0 aliphatic carbocycles. The van der Waals surface area contributed by atoms with E-state index in [1.807, 2.05) is 0 Å². The van der Waals surface area contributed by atoms with Crippen molar-refractivity contribution in [3.63, 3.8) is 0 Å². The molecule has 1 N–H and O–H groups in total. The van der Waals surface area contributed by atoms with Crippen LogP contribution in [0, 0.1) is 0 Å². The van der Waals surface area contributed by atoms with E-state index in [4.69, 9.17) is 5.11 Å². The van der Waals surface area contributed by atoms with Crippen molar-refractivity contribution in [1.29, 1.82) is 0 Å². The molecule has 5 heteroatoms. The molecule has 1 atom stereocenters. The fourth-order valence-electron chi connectivity index (χ4n) is 1.67. The van der Waals surface area contributed by atoms with Gasteiger partial charge in [-0.3, -0.25) is 0 Å². The van der Waals surface area contributed by atoms with Gasteiger partial charge >= 0.3 is 6.18 Å². The largest absolute Gasteiger partial charge is 0.415 e.